The van der Waals surface area contributed by atoms with Gasteiger partial charge in [-0.25, -0.2) is 9.37 Å². The van der Waals surface area contributed by atoms with Crippen molar-refractivity contribution in [2.45, 2.75) is 6.92 Å². The largest absolute Gasteiger partial charge is 0.304 e. The molecule has 0 saturated heterocycles. The average molecular weight is 226 g/mol. The van der Waals surface area contributed by atoms with Crippen molar-refractivity contribution in [2.24, 2.45) is 0 Å². The number of aromatic nitrogens is 2. The maximum absolute atomic E-state index is 13.5. The lowest BCUT2D eigenvalue weighted by Crippen LogP contribution is -1.84. The van der Waals surface area contributed by atoms with Crippen LogP contribution in [0.5, 0.6) is 0 Å². The molecule has 2 aromatic heterocycles. The zero-order chi connectivity index (χ0) is 11.8. The van der Waals surface area contributed by atoms with Crippen molar-refractivity contribution < 1.29 is 4.39 Å². The molecular weight excluding hydrogens is 215 g/mol. The third-order valence-corrected chi connectivity index (χ3v) is 2.78. The van der Waals surface area contributed by atoms with E-state index in [-0.39, 0.29) is 5.82 Å². The van der Waals surface area contributed by atoms with Gasteiger partial charge in [-0.1, -0.05) is 29.8 Å². The van der Waals surface area contributed by atoms with E-state index in [2.05, 4.69) is 4.98 Å². The van der Waals surface area contributed by atoms with Gasteiger partial charge in [0.15, 0.2) is 11.5 Å². The molecule has 0 aliphatic rings. The van der Waals surface area contributed by atoms with Gasteiger partial charge in [-0.2, -0.15) is 0 Å². The fourth-order valence-corrected chi connectivity index (χ4v) is 1.84. The van der Waals surface area contributed by atoms with Gasteiger partial charge in [0.1, 0.15) is 0 Å². The van der Waals surface area contributed by atoms with Crippen LogP contribution in [0.15, 0.2) is 48.8 Å². The highest BCUT2D eigenvalue weighted by Crippen LogP contribution is 2.20. The molecule has 0 bridgehead atoms. The molecule has 2 heterocycles. The molecule has 0 fully saturated rings. The van der Waals surface area contributed by atoms with Crippen LogP contribution in [0.25, 0.3) is 16.9 Å². The lowest BCUT2D eigenvalue weighted by atomic mass is 10.1. The molecule has 0 saturated carbocycles. The summed E-state index contributed by atoms with van der Waals surface area (Å²) < 4.78 is 15.2. The minimum Gasteiger partial charge on any atom is -0.304 e. The minimum atomic E-state index is -0.300. The number of fused-ring (bicyclic) bond motifs is 1. The molecule has 0 amide bonds. The van der Waals surface area contributed by atoms with E-state index in [0.717, 1.165) is 11.3 Å². The summed E-state index contributed by atoms with van der Waals surface area (Å²) in [6, 6.07) is 11.1. The number of rotatable bonds is 1. The first-order valence-electron chi connectivity index (χ1n) is 5.44. The highest BCUT2D eigenvalue weighted by molar-refractivity contribution is 5.63. The Morgan fingerprint density at radius 1 is 1.12 bits per heavy atom. The third kappa shape index (κ3) is 1.69. The third-order valence-electron chi connectivity index (χ3n) is 2.78. The lowest BCUT2D eigenvalue weighted by Gasteiger charge is -1.96. The molecule has 3 rings (SSSR count). The smallest absolute Gasteiger partial charge is 0.173 e. The molecule has 0 spiro atoms. The van der Waals surface area contributed by atoms with Crippen LogP contribution in [0.4, 0.5) is 4.39 Å². The second-order valence-corrected chi connectivity index (χ2v) is 4.08. The number of imidazole rings is 1. The van der Waals surface area contributed by atoms with Crippen molar-refractivity contribution in [3.05, 3.63) is 60.2 Å². The number of hydrogen-bond acceptors (Lipinski definition) is 1. The summed E-state index contributed by atoms with van der Waals surface area (Å²) in [5.41, 5.74) is 3.35. The summed E-state index contributed by atoms with van der Waals surface area (Å²) in [5.74, 6) is -0.300. The number of nitrogens with zero attached hydrogens (tertiary/aromatic N) is 2. The highest BCUT2D eigenvalue weighted by atomic mass is 19.1. The zero-order valence-electron chi connectivity index (χ0n) is 9.39. The van der Waals surface area contributed by atoms with Gasteiger partial charge < -0.3 is 4.40 Å². The number of pyridine rings is 1. The van der Waals surface area contributed by atoms with Gasteiger partial charge in [0.05, 0.1) is 5.69 Å². The van der Waals surface area contributed by atoms with Crippen LogP contribution in [0.3, 0.4) is 0 Å². The van der Waals surface area contributed by atoms with Crippen LogP contribution < -0.4 is 0 Å². The maximum atomic E-state index is 13.5. The molecule has 0 N–H and O–H groups in total. The normalized spacial score (nSPS) is 10.9. The number of aryl methyl sites for hydroxylation is 1. The van der Waals surface area contributed by atoms with E-state index in [9.17, 15) is 4.39 Å². The zero-order valence-corrected chi connectivity index (χ0v) is 9.39. The van der Waals surface area contributed by atoms with Crippen LogP contribution in [-0.2, 0) is 0 Å². The van der Waals surface area contributed by atoms with E-state index < -0.39 is 0 Å². The molecule has 0 atom stereocenters. The first-order chi connectivity index (χ1) is 8.24. The van der Waals surface area contributed by atoms with Gasteiger partial charge in [-0.3, -0.25) is 0 Å². The number of halogens is 1. The van der Waals surface area contributed by atoms with E-state index in [1.165, 1.54) is 11.6 Å². The molecule has 17 heavy (non-hydrogen) atoms. The van der Waals surface area contributed by atoms with Gasteiger partial charge in [0.25, 0.3) is 0 Å². The van der Waals surface area contributed by atoms with Gasteiger partial charge in [0.2, 0.25) is 0 Å². The Kier molecular flexibility index (Phi) is 2.18. The van der Waals surface area contributed by atoms with E-state index in [1.807, 2.05) is 37.4 Å². The van der Waals surface area contributed by atoms with E-state index >= 15 is 0 Å². The minimum absolute atomic E-state index is 0.300. The van der Waals surface area contributed by atoms with Gasteiger partial charge in [0, 0.05) is 18.0 Å². The van der Waals surface area contributed by atoms with Crippen LogP contribution in [-0.4, -0.2) is 9.38 Å². The first-order valence-corrected chi connectivity index (χ1v) is 5.44. The summed E-state index contributed by atoms with van der Waals surface area (Å²) in [4.78, 5) is 4.30. The summed E-state index contributed by atoms with van der Waals surface area (Å²) in [6.45, 7) is 2.03. The predicted octanol–water partition coefficient (Wildman–Crippen LogP) is 3.45. The standard InChI is InChI=1S/C14H11FN2/c1-10-4-6-11(7-5-10)13-9-17-8-2-3-12(15)14(17)16-13/h2-9H,1H3. The molecule has 1 aromatic carbocycles. The Morgan fingerprint density at radius 2 is 1.88 bits per heavy atom. The molecule has 84 valence electrons. The number of benzene rings is 1. The summed E-state index contributed by atoms with van der Waals surface area (Å²) >= 11 is 0. The molecule has 0 aliphatic heterocycles. The molecule has 3 heteroatoms. The van der Waals surface area contributed by atoms with Crippen molar-refractivity contribution in [1.82, 2.24) is 9.38 Å². The Balaban J connectivity index is 2.18. The van der Waals surface area contributed by atoms with Crippen molar-refractivity contribution in [3.63, 3.8) is 0 Å². The Labute approximate surface area is 98.4 Å². The quantitative estimate of drug-likeness (QED) is 0.621. The molecular formula is C14H11FN2. The van der Waals surface area contributed by atoms with Crippen LogP contribution >= 0.6 is 0 Å². The van der Waals surface area contributed by atoms with Crippen LogP contribution in [0, 0.1) is 12.7 Å². The van der Waals surface area contributed by atoms with Crippen molar-refractivity contribution in [1.29, 1.82) is 0 Å². The van der Waals surface area contributed by atoms with Crippen LogP contribution in [0.2, 0.25) is 0 Å². The highest BCUT2D eigenvalue weighted by Gasteiger charge is 2.07. The van der Waals surface area contributed by atoms with E-state index in [0.29, 0.717) is 5.65 Å². The van der Waals surface area contributed by atoms with Gasteiger partial charge in [-0.15, -0.1) is 0 Å². The summed E-state index contributed by atoms with van der Waals surface area (Å²) in [6.07, 6.45) is 3.63. The molecule has 0 unspecified atom stereocenters. The first kappa shape index (κ1) is 10.0. The Morgan fingerprint density at radius 3 is 2.59 bits per heavy atom. The Hall–Kier alpha value is -2.16. The summed E-state index contributed by atoms with van der Waals surface area (Å²) in [5, 5.41) is 0. The second kappa shape index (κ2) is 3.70. The Bertz CT molecular complexity index is 668. The lowest BCUT2D eigenvalue weighted by molar-refractivity contribution is 0.630. The molecule has 2 nitrogen and oxygen atoms in total. The monoisotopic (exact) mass is 226 g/mol. The molecule has 0 radical (unpaired) electrons. The van der Waals surface area contributed by atoms with Crippen molar-refractivity contribution in [2.75, 3.05) is 0 Å². The average Bonchev–Trinajstić information content (AvgIpc) is 2.75. The fourth-order valence-electron chi connectivity index (χ4n) is 1.84. The SMILES string of the molecule is Cc1ccc(-c2cn3cccc(F)c3n2)cc1. The van der Waals surface area contributed by atoms with Gasteiger partial charge in [-0.05, 0) is 19.1 Å². The predicted molar refractivity (Wildman–Crippen MR) is 65.3 cm³/mol. The molecule has 0 aliphatic carbocycles. The molecule has 3 aromatic rings. The maximum Gasteiger partial charge on any atom is 0.173 e. The van der Waals surface area contributed by atoms with Crippen molar-refractivity contribution in [3.8, 4) is 11.3 Å². The van der Waals surface area contributed by atoms with E-state index in [1.54, 1.807) is 16.7 Å². The number of hydrogen-bond donors (Lipinski definition) is 0. The van der Waals surface area contributed by atoms with Gasteiger partial charge >= 0.3 is 0 Å². The second-order valence-electron chi connectivity index (χ2n) is 4.08. The van der Waals surface area contributed by atoms with Crippen molar-refractivity contribution >= 4 is 5.65 Å². The topological polar surface area (TPSA) is 17.3 Å². The fraction of sp³-hybridized carbons (Fsp3) is 0.0714. The van der Waals surface area contributed by atoms with Crippen LogP contribution in [0.1, 0.15) is 5.56 Å². The van der Waals surface area contributed by atoms with E-state index in [4.69, 9.17) is 0 Å². The summed E-state index contributed by atoms with van der Waals surface area (Å²) in [7, 11) is 0.